The van der Waals surface area contributed by atoms with Crippen LogP contribution in [0.5, 0.6) is 11.5 Å². The van der Waals surface area contributed by atoms with E-state index in [9.17, 15) is 4.39 Å². The van der Waals surface area contributed by atoms with Crippen LogP contribution in [-0.2, 0) is 6.54 Å². The van der Waals surface area contributed by atoms with Crippen LogP contribution in [0, 0.1) is 5.82 Å². The van der Waals surface area contributed by atoms with Gasteiger partial charge in [0, 0.05) is 12.1 Å². The first-order chi connectivity index (χ1) is 9.31. The molecule has 0 fully saturated rings. The maximum atomic E-state index is 13.9. The highest BCUT2D eigenvalue weighted by atomic mass is 19.1. The lowest BCUT2D eigenvalue weighted by atomic mass is 10.2. The molecular weight excluding hydrogens is 241 g/mol. The van der Waals surface area contributed by atoms with E-state index in [0.717, 1.165) is 18.5 Å². The molecule has 1 N–H and O–H groups in total. The van der Waals surface area contributed by atoms with Crippen LogP contribution in [0.15, 0.2) is 48.5 Å². The van der Waals surface area contributed by atoms with E-state index in [1.54, 1.807) is 6.07 Å². The third-order valence-electron chi connectivity index (χ3n) is 2.75. The van der Waals surface area contributed by atoms with E-state index in [-0.39, 0.29) is 5.82 Å². The van der Waals surface area contributed by atoms with Crippen molar-refractivity contribution >= 4 is 0 Å². The van der Waals surface area contributed by atoms with Gasteiger partial charge in [-0.15, -0.1) is 0 Å². The molecule has 0 unspecified atom stereocenters. The lowest BCUT2D eigenvalue weighted by molar-refractivity contribution is 0.433. The van der Waals surface area contributed by atoms with Crippen molar-refractivity contribution in [1.29, 1.82) is 0 Å². The number of halogens is 1. The van der Waals surface area contributed by atoms with Crippen molar-refractivity contribution in [2.24, 2.45) is 0 Å². The van der Waals surface area contributed by atoms with Crippen molar-refractivity contribution in [3.05, 3.63) is 59.9 Å². The van der Waals surface area contributed by atoms with Crippen molar-refractivity contribution in [2.45, 2.75) is 19.9 Å². The molecule has 0 aromatic heterocycles. The molecule has 0 aliphatic rings. The fourth-order valence-electron chi connectivity index (χ4n) is 1.81. The molecule has 0 bridgehead atoms. The van der Waals surface area contributed by atoms with Gasteiger partial charge in [-0.1, -0.05) is 37.3 Å². The molecule has 0 atom stereocenters. The summed E-state index contributed by atoms with van der Waals surface area (Å²) in [5.74, 6) is 0.612. The third-order valence-corrected chi connectivity index (χ3v) is 2.75. The average Bonchev–Trinajstić information content (AvgIpc) is 2.44. The molecule has 3 heteroatoms. The molecular formula is C16H18FNO. The first-order valence-electron chi connectivity index (χ1n) is 6.52. The fraction of sp³-hybridized carbons (Fsp3) is 0.250. The summed E-state index contributed by atoms with van der Waals surface area (Å²) < 4.78 is 19.5. The van der Waals surface area contributed by atoms with Crippen LogP contribution in [0.25, 0.3) is 0 Å². The van der Waals surface area contributed by atoms with Gasteiger partial charge < -0.3 is 10.1 Å². The van der Waals surface area contributed by atoms with Crippen molar-refractivity contribution in [2.75, 3.05) is 6.54 Å². The zero-order valence-corrected chi connectivity index (χ0v) is 11.0. The molecule has 2 rings (SSSR count). The Morgan fingerprint density at radius 2 is 1.84 bits per heavy atom. The Balaban J connectivity index is 2.18. The van der Waals surface area contributed by atoms with Crippen LogP contribution in [0.4, 0.5) is 4.39 Å². The van der Waals surface area contributed by atoms with Gasteiger partial charge in [0.05, 0.1) is 0 Å². The molecule has 0 aliphatic carbocycles. The first-order valence-corrected chi connectivity index (χ1v) is 6.52. The van der Waals surface area contributed by atoms with E-state index in [1.807, 2.05) is 36.4 Å². The van der Waals surface area contributed by atoms with E-state index in [2.05, 4.69) is 12.2 Å². The summed E-state index contributed by atoms with van der Waals surface area (Å²) in [6.07, 6.45) is 1.05. The second-order valence-corrected chi connectivity index (χ2v) is 4.32. The summed E-state index contributed by atoms with van der Waals surface area (Å²) in [5, 5.41) is 3.26. The Hall–Kier alpha value is -1.87. The molecule has 0 saturated carbocycles. The van der Waals surface area contributed by atoms with E-state index >= 15 is 0 Å². The number of para-hydroxylation sites is 2. The van der Waals surface area contributed by atoms with E-state index in [0.29, 0.717) is 18.0 Å². The molecule has 2 nitrogen and oxygen atoms in total. The number of hydrogen-bond acceptors (Lipinski definition) is 2. The Morgan fingerprint density at radius 1 is 1.05 bits per heavy atom. The Bertz CT molecular complexity index is 513. The maximum absolute atomic E-state index is 13.9. The number of benzene rings is 2. The second kappa shape index (κ2) is 6.90. The minimum atomic E-state index is -0.334. The van der Waals surface area contributed by atoms with Gasteiger partial charge in [0.15, 0.2) is 11.6 Å². The van der Waals surface area contributed by atoms with Crippen molar-refractivity contribution < 1.29 is 9.13 Å². The lowest BCUT2D eigenvalue weighted by Gasteiger charge is -2.12. The van der Waals surface area contributed by atoms with Gasteiger partial charge >= 0.3 is 0 Å². The topological polar surface area (TPSA) is 21.3 Å². The molecule has 2 aromatic carbocycles. The number of rotatable bonds is 6. The summed E-state index contributed by atoms with van der Waals surface area (Å²) in [6, 6.07) is 14.3. The molecule has 0 spiro atoms. The molecule has 2 aromatic rings. The zero-order chi connectivity index (χ0) is 13.5. The molecule has 0 amide bonds. The minimum Gasteiger partial charge on any atom is -0.454 e. The normalized spacial score (nSPS) is 10.4. The van der Waals surface area contributed by atoms with E-state index in [4.69, 9.17) is 4.74 Å². The maximum Gasteiger partial charge on any atom is 0.167 e. The van der Waals surface area contributed by atoms with Crippen LogP contribution in [0.3, 0.4) is 0 Å². The largest absolute Gasteiger partial charge is 0.454 e. The highest BCUT2D eigenvalue weighted by Crippen LogP contribution is 2.28. The van der Waals surface area contributed by atoms with Crippen molar-refractivity contribution in [3.8, 4) is 11.5 Å². The number of ether oxygens (including phenoxy) is 1. The van der Waals surface area contributed by atoms with E-state index in [1.165, 1.54) is 6.07 Å². The van der Waals surface area contributed by atoms with Gasteiger partial charge in [-0.25, -0.2) is 4.39 Å². The monoisotopic (exact) mass is 259 g/mol. The Morgan fingerprint density at radius 3 is 2.58 bits per heavy atom. The summed E-state index contributed by atoms with van der Waals surface area (Å²) in [6.45, 7) is 3.61. The molecule has 19 heavy (non-hydrogen) atoms. The van der Waals surface area contributed by atoms with Crippen LogP contribution in [-0.4, -0.2) is 6.54 Å². The zero-order valence-electron chi connectivity index (χ0n) is 11.0. The Kier molecular flexibility index (Phi) is 4.93. The summed E-state index contributed by atoms with van der Waals surface area (Å²) >= 11 is 0. The Labute approximate surface area is 113 Å². The fourth-order valence-corrected chi connectivity index (χ4v) is 1.81. The van der Waals surface area contributed by atoms with Gasteiger partial charge in [0.1, 0.15) is 5.75 Å². The van der Waals surface area contributed by atoms with Crippen molar-refractivity contribution in [1.82, 2.24) is 5.32 Å². The van der Waals surface area contributed by atoms with Gasteiger partial charge in [-0.05, 0) is 31.2 Å². The SMILES string of the molecule is CCCNCc1cccc(F)c1Oc1ccccc1. The average molecular weight is 259 g/mol. The summed E-state index contributed by atoms with van der Waals surface area (Å²) in [4.78, 5) is 0. The quantitative estimate of drug-likeness (QED) is 0.788. The number of hydrogen-bond donors (Lipinski definition) is 1. The molecule has 0 radical (unpaired) electrons. The van der Waals surface area contributed by atoms with Crippen LogP contribution >= 0.6 is 0 Å². The molecule has 0 aliphatic heterocycles. The number of nitrogens with one attached hydrogen (secondary N) is 1. The predicted octanol–water partition coefficient (Wildman–Crippen LogP) is 4.12. The summed E-state index contributed by atoms with van der Waals surface area (Å²) in [5.41, 5.74) is 0.831. The van der Waals surface area contributed by atoms with Gasteiger partial charge in [0.2, 0.25) is 0 Å². The standard InChI is InChI=1S/C16H18FNO/c1-2-11-18-12-13-7-6-10-15(17)16(13)19-14-8-4-3-5-9-14/h3-10,18H,2,11-12H2,1H3. The van der Waals surface area contributed by atoms with E-state index < -0.39 is 0 Å². The molecule has 0 heterocycles. The lowest BCUT2D eigenvalue weighted by Crippen LogP contribution is -2.14. The highest BCUT2D eigenvalue weighted by molar-refractivity contribution is 5.39. The predicted molar refractivity (Wildman–Crippen MR) is 74.9 cm³/mol. The van der Waals surface area contributed by atoms with Crippen LogP contribution < -0.4 is 10.1 Å². The van der Waals surface area contributed by atoms with Gasteiger partial charge in [0.25, 0.3) is 0 Å². The van der Waals surface area contributed by atoms with Gasteiger partial charge in [-0.2, -0.15) is 0 Å². The molecule has 0 saturated heterocycles. The second-order valence-electron chi connectivity index (χ2n) is 4.32. The van der Waals surface area contributed by atoms with Crippen LogP contribution in [0.2, 0.25) is 0 Å². The third kappa shape index (κ3) is 3.80. The smallest absolute Gasteiger partial charge is 0.167 e. The van der Waals surface area contributed by atoms with Gasteiger partial charge in [-0.3, -0.25) is 0 Å². The van der Waals surface area contributed by atoms with Crippen molar-refractivity contribution in [3.63, 3.8) is 0 Å². The summed E-state index contributed by atoms with van der Waals surface area (Å²) in [7, 11) is 0. The first kappa shape index (κ1) is 13.6. The minimum absolute atomic E-state index is 0.303. The molecule has 100 valence electrons. The van der Waals surface area contributed by atoms with Crippen LogP contribution in [0.1, 0.15) is 18.9 Å². The highest BCUT2D eigenvalue weighted by Gasteiger charge is 2.10.